The summed E-state index contributed by atoms with van der Waals surface area (Å²) in [7, 11) is 0. The van der Waals surface area contributed by atoms with E-state index in [0.29, 0.717) is 19.5 Å². The SMILES string of the molecule is CCCCC(F)CC.Cl.FC1CNC1.O=C(O)C(=O)O. The van der Waals surface area contributed by atoms with Crippen LogP contribution in [-0.2, 0) is 9.59 Å². The highest BCUT2D eigenvalue weighted by atomic mass is 35.5. The second-order valence-electron chi connectivity index (χ2n) is 4.01. The van der Waals surface area contributed by atoms with Crippen molar-refractivity contribution in [2.24, 2.45) is 0 Å². The summed E-state index contributed by atoms with van der Waals surface area (Å²) in [4.78, 5) is 18.2. The molecular weight excluding hydrogens is 296 g/mol. The van der Waals surface area contributed by atoms with Crippen molar-refractivity contribution in [3.63, 3.8) is 0 Å². The number of carboxylic acid groups (broad SMARTS) is 2. The Hall–Kier alpha value is -0.950. The number of hydrogen-bond donors (Lipinski definition) is 3. The molecule has 5 nitrogen and oxygen atoms in total. The Morgan fingerprint density at radius 1 is 1.25 bits per heavy atom. The van der Waals surface area contributed by atoms with Gasteiger partial charge in [-0.05, 0) is 12.8 Å². The molecule has 0 amide bonds. The Morgan fingerprint density at radius 2 is 1.65 bits per heavy atom. The summed E-state index contributed by atoms with van der Waals surface area (Å²) in [6, 6.07) is 0. The van der Waals surface area contributed by atoms with Gasteiger partial charge in [-0.3, -0.25) is 0 Å². The van der Waals surface area contributed by atoms with E-state index in [-0.39, 0.29) is 12.4 Å². The Labute approximate surface area is 124 Å². The van der Waals surface area contributed by atoms with Crippen LogP contribution in [0.25, 0.3) is 0 Å². The van der Waals surface area contributed by atoms with Gasteiger partial charge in [0.15, 0.2) is 0 Å². The average molecular weight is 320 g/mol. The number of carbonyl (C=O) groups is 2. The van der Waals surface area contributed by atoms with Gasteiger partial charge in [-0.25, -0.2) is 18.4 Å². The van der Waals surface area contributed by atoms with E-state index < -0.39 is 24.3 Å². The fourth-order valence-corrected chi connectivity index (χ4v) is 0.883. The molecule has 20 heavy (non-hydrogen) atoms. The molecule has 0 aromatic rings. The molecule has 0 bridgehead atoms. The maximum atomic E-state index is 12.3. The largest absolute Gasteiger partial charge is 0.473 e. The molecule has 1 aliphatic rings. The quantitative estimate of drug-likeness (QED) is 0.693. The first-order valence-electron chi connectivity index (χ1n) is 6.30. The predicted octanol–water partition coefficient (Wildman–Crippen LogP) is 2.43. The van der Waals surface area contributed by atoms with E-state index in [9.17, 15) is 8.78 Å². The molecule has 0 radical (unpaired) electrons. The second-order valence-corrected chi connectivity index (χ2v) is 4.01. The molecule has 1 aliphatic heterocycles. The first-order valence-corrected chi connectivity index (χ1v) is 6.30. The number of halogens is 3. The molecule has 0 saturated carbocycles. The van der Waals surface area contributed by atoms with E-state index in [1.165, 1.54) is 0 Å². The van der Waals surface area contributed by atoms with E-state index in [2.05, 4.69) is 12.2 Å². The molecule has 0 spiro atoms. The van der Waals surface area contributed by atoms with Gasteiger partial charge in [-0.2, -0.15) is 0 Å². The monoisotopic (exact) mass is 319 g/mol. The molecule has 0 aromatic carbocycles. The first kappa shape index (κ1) is 24.1. The van der Waals surface area contributed by atoms with Gasteiger partial charge in [0.25, 0.3) is 0 Å². The summed E-state index contributed by atoms with van der Waals surface area (Å²) in [6.07, 6.45) is 2.49. The van der Waals surface area contributed by atoms with Crippen LogP contribution in [0.4, 0.5) is 8.78 Å². The van der Waals surface area contributed by atoms with Crippen LogP contribution in [0.3, 0.4) is 0 Å². The molecule has 1 saturated heterocycles. The molecular formula is C12H24ClF2NO4. The minimum atomic E-state index is -1.82. The smallest absolute Gasteiger partial charge is 0.414 e. The number of carboxylic acids is 2. The topological polar surface area (TPSA) is 86.6 Å². The highest BCUT2D eigenvalue weighted by Crippen LogP contribution is 2.06. The molecule has 122 valence electrons. The molecule has 3 N–H and O–H groups in total. The van der Waals surface area contributed by atoms with Crippen molar-refractivity contribution in [2.45, 2.75) is 51.9 Å². The summed E-state index contributed by atoms with van der Waals surface area (Å²) in [5, 5.41) is 17.6. The van der Waals surface area contributed by atoms with Crippen LogP contribution in [0.5, 0.6) is 0 Å². The van der Waals surface area contributed by atoms with Gasteiger partial charge in [0.1, 0.15) is 6.17 Å². The van der Waals surface area contributed by atoms with Crippen LogP contribution in [0.15, 0.2) is 0 Å². The maximum absolute atomic E-state index is 12.3. The van der Waals surface area contributed by atoms with Gasteiger partial charge in [-0.15, -0.1) is 12.4 Å². The van der Waals surface area contributed by atoms with Gasteiger partial charge in [-0.1, -0.05) is 26.7 Å². The summed E-state index contributed by atoms with van der Waals surface area (Å²) in [5.41, 5.74) is 0. The lowest BCUT2D eigenvalue weighted by molar-refractivity contribution is -0.159. The van der Waals surface area contributed by atoms with Crippen LogP contribution in [0.1, 0.15) is 39.5 Å². The van der Waals surface area contributed by atoms with Gasteiger partial charge < -0.3 is 15.5 Å². The average Bonchev–Trinajstić information content (AvgIpc) is 2.34. The molecule has 1 fully saturated rings. The number of alkyl halides is 2. The normalized spacial score (nSPS) is 14.2. The van der Waals surface area contributed by atoms with Gasteiger partial charge in [0.05, 0.1) is 6.17 Å². The van der Waals surface area contributed by atoms with Crippen LogP contribution >= 0.6 is 12.4 Å². The Morgan fingerprint density at radius 3 is 1.80 bits per heavy atom. The highest BCUT2D eigenvalue weighted by molar-refractivity contribution is 6.27. The molecule has 1 atom stereocenters. The lowest BCUT2D eigenvalue weighted by Crippen LogP contribution is -2.43. The van der Waals surface area contributed by atoms with Crippen LogP contribution < -0.4 is 5.32 Å². The maximum Gasteiger partial charge on any atom is 0.414 e. The highest BCUT2D eigenvalue weighted by Gasteiger charge is 2.12. The number of unbranched alkanes of at least 4 members (excludes halogenated alkanes) is 1. The molecule has 8 heteroatoms. The summed E-state index contributed by atoms with van der Waals surface area (Å²) >= 11 is 0. The summed E-state index contributed by atoms with van der Waals surface area (Å²) in [5.74, 6) is -3.65. The standard InChI is InChI=1S/C7H15F.C3H6FN.C2H2O4.ClH/c1-3-5-6-7(8)4-2;4-3-1-5-2-3;3-1(4)2(5)6;/h7H,3-6H2,1-2H3;3,5H,1-2H2;(H,3,4)(H,5,6);1H. The van der Waals surface area contributed by atoms with Gasteiger partial charge in [0.2, 0.25) is 0 Å². The van der Waals surface area contributed by atoms with Crippen molar-refractivity contribution in [3.05, 3.63) is 0 Å². The zero-order chi connectivity index (χ0) is 15.3. The van der Waals surface area contributed by atoms with Crippen molar-refractivity contribution in [2.75, 3.05) is 13.1 Å². The number of rotatable bonds is 4. The van der Waals surface area contributed by atoms with Gasteiger partial charge in [0, 0.05) is 13.1 Å². The van der Waals surface area contributed by atoms with Gasteiger partial charge >= 0.3 is 11.9 Å². The third-order valence-electron chi connectivity index (χ3n) is 2.23. The Kier molecular flexibility index (Phi) is 19.4. The fraction of sp³-hybridized carbons (Fsp3) is 0.833. The lowest BCUT2D eigenvalue weighted by Gasteiger charge is -2.17. The Balaban J connectivity index is -0.000000217. The van der Waals surface area contributed by atoms with E-state index in [0.717, 1.165) is 19.3 Å². The van der Waals surface area contributed by atoms with Crippen molar-refractivity contribution in [3.8, 4) is 0 Å². The minimum Gasteiger partial charge on any atom is -0.473 e. The van der Waals surface area contributed by atoms with Crippen molar-refractivity contribution < 1.29 is 28.6 Å². The number of aliphatic carboxylic acids is 2. The zero-order valence-corrected chi connectivity index (χ0v) is 12.6. The fourth-order valence-electron chi connectivity index (χ4n) is 0.883. The van der Waals surface area contributed by atoms with E-state index in [4.69, 9.17) is 19.8 Å². The minimum absolute atomic E-state index is 0. The number of nitrogens with one attached hydrogen (secondary N) is 1. The Bertz CT molecular complexity index is 242. The van der Waals surface area contributed by atoms with Crippen LogP contribution in [0.2, 0.25) is 0 Å². The number of hydrogen-bond acceptors (Lipinski definition) is 3. The lowest BCUT2D eigenvalue weighted by atomic mass is 10.1. The summed E-state index contributed by atoms with van der Waals surface area (Å²) in [6.45, 7) is 5.11. The second kappa shape index (κ2) is 16.1. The molecule has 1 heterocycles. The van der Waals surface area contributed by atoms with Crippen molar-refractivity contribution >= 4 is 24.3 Å². The molecule has 0 aliphatic carbocycles. The van der Waals surface area contributed by atoms with E-state index >= 15 is 0 Å². The molecule has 0 aromatic heterocycles. The summed E-state index contributed by atoms with van der Waals surface area (Å²) < 4.78 is 23.8. The molecule has 1 rings (SSSR count). The van der Waals surface area contributed by atoms with E-state index in [1.54, 1.807) is 0 Å². The van der Waals surface area contributed by atoms with Crippen molar-refractivity contribution in [1.82, 2.24) is 5.32 Å². The predicted molar refractivity (Wildman–Crippen MR) is 75.0 cm³/mol. The van der Waals surface area contributed by atoms with Crippen molar-refractivity contribution in [1.29, 1.82) is 0 Å². The third-order valence-corrected chi connectivity index (χ3v) is 2.23. The van der Waals surface area contributed by atoms with E-state index in [1.807, 2.05) is 6.92 Å². The zero-order valence-electron chi connectivity index (χ0n) is 11.8. The van der Waals surface area contributed by atoms with Crippen LogP contribution in [-0.4, -0.2) is 47.6 Å². The van der Waals surface area contributed by atoms with Crippen LogP contribution in [0, 0.1) is 0 Å². The first-order chi connectivity index (χ1) is 8.84. The third kappa shape index (κ3) is 19.4. The molecule has 1 unspecified atom stereocenters.